The van der Waals surface area contributed by atoms with Gasteiger partial charge < -0.3 is 14.2 Å². The first kappa shape index (κ1) is 28.2. The van der Waals surface area contributed by atoms with Crippen LogP contribution in [0.25, 0.3) is 33.0 Å². The molecule has 0 atom stereocenters. The Morgan fingerprint density at radius 2 is 0.932 bits per heavy atom. The monoisotopic (exact) mass is 573 g/mol. The van der Waals surface area contributed by atoms with Gasteiger partial charge in [0.05, 0.1) is 11.2 Å². The number of nitrogens with zero attached hydrogens (tertiary/aromatic N) is 1. The lowest BCUT2D eigenvalue weighted by atomic mass is 9.79. The third kappa shape index (κ3) is 5.21. The summed E-state index contributed by atoms with van der Waals surface area (Å²) in [6, 6.07) is 51.8. The van der Waals surface area contributed by atoms with Crippen LogP contribution in [0.1, 0.15) is 27.7 Å². The summed E-state index contributed by atoms with van der Waals surface area (Å²) in [4.78, 5) is 2.30. The molecule has 0 amide bonds. The van der Waals surface area contributed by atoms with E-state index in [0.717, 1.165) is 22.5 Å². The third-order valence-electron chi connectivity index (χ3n) is 9.14. The van der Waals surface area contributed by atoms with Gasteiger partial charge in [-0.3, -0.25) is 0 Å². The van der Waals surface area contributed by atoms with Crippen LogP contribution in [0, 0.1) is 0 Å². The second-order valence-electron chi connectivity index (χ2n) is 12.5. The molecule has 1 saturated heterocycles. The van der Waals surface area contributed by atoms with E-state index in [4.69, 9.17) is 9.31 Å². The maximum absolute atomic E-state index is 6.32. The highest BCUT2D eigenvalue weighted by Crippen LogP contribution is 2.39. The molecule has 0 radical (unpaired) electrons. The van der Waals surface area contributed by atoms with Crippen molar-refractivity contribution in [2.24, 2.45) is 0 Å². The molecule has 6 aromatic rings. The molecule has 1 fully saturated rings. The molecular formula is C40H36BNO2. The quantitative estimate of drug-likeness (QED) is 0.185. The first-order valence-corrected chi connectivity index (χ1v) is 15.3. The van der Waals surface area contributed by atoms with E-state index in [0.29, 0.717) is 0 Å². The second-order valence-corrected chi connectivity index (χ2v) is 12.5. The number of hydrogen-bond acceptors (Lipinski definition) is 3. The molecule has 6 aromatic carbocycles. The van der Waals surface area contributed by atoms with Gasteiger partial charge in [-0.25, -0.2) is 0 Å². The molecule has 7 rings (SSSR count). The fourth-order valence-electron chi connectivity index (χ4n) is 5.91. The number of anilines is 3. The van der Waals surface area contributed by atoms with Gasteiger partial charge in [-0.05, 0) is 103 Å². The summed E-state index contributed by atoms with van der Waals surface area (Å²) >= 11 is 0. The Morgan fingerprint density at radius 3 is 1.55 bits per heavy atom. The Hall–Kier alpha value is -4.64. The summed E-state index contributed by atoms with van der Waals surface area (Å²) in [7, 11) is -0.396. The van der Waals surface area contributed by atoms with E-state index in [1.54, 1.807) is 0 Å². The van der Waals surface area contributed by atoms with Gasteiger partial charge in [0.2, 0.25) is 0 Å². The average molecular weight is 574 g/mol. The van der Waals surface area contributed by atoms with Crippen LogP contribution in [0.3, 0.4) is 0 Å². The van der Waals surface area contributed by atoms with Gasteiger partial charge in [-0.15, -0.1) is 0 Å². The smallest absolute Gasteiger partial charge is 0.399 e. The van der Waals surface area contributed by atoms with Gasteiger partial charge in [0.25, 0.3) is 0 Å². The van der Waals surface area contributed by atoms with Crippen molar-refractivity contribution >= 4 is 40.4 Å². The highest BCUT2D eigenvalue weighted by molar-refractivity contribution is 6.62. The molecule has 0 spiro atoms. The molecule has 0 aliphatic carbocycles. The summed E-state index contributed by atoms with van der Waals surface area (Å²) in [6.07, 6.45) is 0. The SMILES string of the molecule is CC1(C)OB(c2ccc(N(c3ccc(-c4ccccc4)cc3)c3ccc(-c4cccc5ccccc45)cc3)cc2)OC1(C)C. The summed E-state index contributed by atoms with van der Waals surface area (Å²) in [5.74, 6) is 0. The van der Waals surface area contributed by atoms with Crippen molar-refractivity contribution in [2.45, 2.75) is 38.9 Å². The molecule has 0 bridgehead atoms. The van der Waals surface area contributed by atoms with Crippen LogP contribution in [-0.2, 0) is 9.31 Å². The molecule has 0 N–H and O–H groups in total. The lowest BCUT2D eigenvalue weighted by Gasteiger charge is -2.32. The molecule has 0 saturated carbocycles. The van der Waals surface area contributed by atoms with E-state index in [2.05, 4.69) is 178 Å². The maximum Gasteiger partial charge on any atom is 0.494 e. The largest absolute Gasteiger partial charge is 0.494 e. The first-order valence-electron chi connectivity index (χ1n) is 15.3. The lowest BCUT2D eigenvalue weighted by Crippen LogP contribution is -2.41. The van der Waals surface area contributed by atoms with Crippen LogP contribution in [0.5, 0.6) is 0 Å². The van der Waals surface area contributed by atoms with Gasteiger partial charge in [0.1, 0.15) is 0 Å². The van der Waals surface area contributed by atoms with Crippen molar-refractivity contribution in [1.29, 1.82) is 0 Å². The zero-order valence-electron chi connectivity index (χ0n) is 25.7. The van der Waals surface area contributed by atoms with Crippen molar-refractivity contribution in [2.75, 3.05) is 4.90 Å². The van der Waals surface area contributed by atoms with Gasteiger partial charge >= 0.3 is 7.12 Å². The fraction of sp³-hybridized carbons (Fsp3) is 0.150. The molecule has 1 aliphatic rings. The topological polar surface area (TPSA) is 21.7 Å². The average Bonchev–Trinajstić information content (AvgIpc) is 3.28. The Bertz CT molecular complexity index is 1880. The van der Waals surface area contributed by atoms with Crippen LogP contribution in [0.4, 0.5) is 17.1 Å². The van der Waals surface area contributed by atoms with Gasteiger partial charge in [-0.1, -0.05) is 109 Å². The van der Waals surface area contributed by atoms with E-state index in [9.17, 15) is 0 Å². The standard InChI is InChI=1S/C40H36BNO2/c1-39(2)40(3,4)44-41(43-39)33-21-27-36(28-22-33)42(34-23-17-30(18-24-34)29-11-6-5-7-12-29)35-25-19-32(20-26-35)38-16-10-14-31-13-8-9-15-37(31)38/h5-28H,1-4H3. The van der Waals surface area contributed by atoms with Crippen molar-refractivity contribution in [1.82, 2.24) is 0 Å². The molecule has 216 valence electrons. The van der Waals surface area contributed by atoms with Crippen LogP contribution >= 0.6 is 0 Å². The van der Waals surface area contributed by atoms with E-state index in [1.165, 1.54) is 33.0 Å². The molecule has 1 heterocycles. The van der Waals surface area contributed by atoms with Gasteiger partial charge in [-0.2, -0.15) is 0 Å². The number of benzene rings is 6. The third-order valence-corrected chi connectivity index (χ3v) is 9.14. The summed E-state index contributed by atoms with van der Waals surface area (Å²) in [6.45, 7) is 8.35. The lowest BCUT2D eigenvalue weighted by molar-refractivity contribution is 0.00578. The zero-order valence-corrected chi connectivity index (χ0v) is 25.7. The van der Waals surface area contributed by atoms with E-state index in [1.807, 2.05) is 0 Å². The summed E-state index contributed by atoms with van der Waals surface area (Å²) in [5.41, 5.74) is 8.32. The summed E-state index contributed by atoms with van der Waals surface area (Å²) < 4.78 is 12.6. The van der Waals surface area contributed by atoms with Crippen molar-refractivity contribution in [3.05, 3.63) is 146 Å². The fourth-order valence-corrected chi connectivity index (χ4v) is 5.91. The van der Waals surface area contributed by atoms with E-state index < -0.39 is 7.12 Å². The second kappa shape index (κ2) is 11.1. The minimum absolute atomic E-state index is 0.380. The van der Waals surface area contributed by atoms with Gasteiger partial charge in [0, 0.05) is 17.1 Å². The predicted molar refractivity (Wildman–Crippen MR) is 185 cm³/mol. The minimum atomic E-state index is -0.396. The van der Waals surface area contributed by atoms with Crippen LogP contribution in [-0.4, -0.2) is 18.3 Å². The Kier molecular flexibility index (Phi) is 7.12. The van der Waals surface area contributed by atoms with E-state index in [-0.39, 0.29) is 11.2 Å². The van der Waals surface area contributed by atoms with Gasteiger partial charge in [0.15, 0.2) is 0 Å². The molecule has 4 heteroatoms. The van der Waals surface area contributed by atoms with Crippen LogP contribution < -0.4 is 10.4 Å². The minimum Gasteiger partial charge on any atom is -0.399 e. The van der Waals surface area contributed by atoms with Crippen molar-refractivity contribution in [3.63, 3.8) is 0 Å². The van der Waals surface area contributed by atoms with Crippen LogP contribution in [0.2, 0.25) is 0 Å². The number of hydrogen-bond donors (Lipinski definition) is 0. The van der Waals surface area contributed by atoms with Crippen LogP contribution in [0.15, 0.2) is 146 Å². The molecular weight excluding hydrogens is 537 g/mol. The molecule has 3 nitrogen and oxygen atoms in total. The highest BCUT2D eigenvalue weighted by Gasteiger charge is 2.51. The number of fused-ring (bicyclic) bond motifs is 1. The molecule has 0 aromatic heterocycles. The van der Waals surface area contributed by atoms with E-state index >= 15 is 0 Å². The normalized spacial score (nSPS) is 15.4. The van der Waals surface area contributed by atoms with Crippen molar-refractivity contribution < 1.29 is 9.31 Å². The Balaban J connectivity index is 1.25. The Labute approximate surface area is 260 Å². The molecule has 0 unspecified atom stereocenters. The van der Waals surface area contributed by atoms with Crippen molar-refractivity contribution in [3.8, 4) is 22.3 Å². The number of rotatable bonds is 6. The predicted octanol–water partition coefficient (Wildman–Crippen LogP) is 9.94. The molecule has 1 aliphatic heterocycles. The first-order chi connectivity index (χ1) is 21.3. The Morgan fingerprint density at radius 1 is 0.455 bits per heavy atom. The zero-order chi connectivity index (χ0) is 30.3. The highest BCUT2D eigenvalue weighted by atomic mass is 16.7. The maximum atomic E-state index is 6.32. The molecule has 44 heavy (non-hydrogen) atoms. The summed E-state index contributed by atoms with van der Waals surface area (Å²) in [5, 5.41) is 2.51.